The summed E-state index contributed by atoms with van der Waals surface area (Å²) in [6.07, 6.45) is 7.46. The third-order valence-electron chi connectivity index (χ3n) is 3.68. The molecule has 0 amide bonds. The quantitative estimate of drug-likeness (QED) is 0.847. The number of anilines is 2. The third-order valence-corrected chi connectivity index (χ3v) is 3.68. The first-order chi connectivity index (χ1) is 8.22. The summed E-state index contributed by atoms with van der Waals surface area (Å²) in [5, 5.41) is 0. The topological polar surface area (TPSA) is 42.2 Å². The molecule has 2 saturated carbocycles. The van der Waals surface area contributed by atoms with Crippen LogP contribution in [0.15, 0.2) is 12.3 Å². The van der Waals surface area contributed by atoms with Crippen molar-refractivity contribution < 1.29 is 0 Å². The van der Waals surface area contributed by atoms with Crippen LogP contribution < -0.4 is 10.6 Å². The summed E-state index contributed by atoms with van der Waals surface area (Å²) < 4.78 is 0. The molecule has 17 heavy (non-hydrogen) atoms. The zero-order valence-electron chi connectivity index (χ0n) is 10.5. The number of rotatable bonds is 5. The molecule has 0 bridgehead atoms. The molecule has 3 nitrogen and oxygen atoms in total. The van der Waals surface area contributed by atoms with Crippen molar-refractivity contribution in [2.75, 3.05) is 23.7 Å². The summed E-state index contributed by atoms with van der Waals surface area (Å²) in [4.78, 5) is 6.96. The van der Waals surface area contributed by atoms with Crippen molar-refractivity contribution in [2.45, 2.75) is 32.6 Å². The molecule has 0 aromatic carbocycles. The monoisotopic (exact) mass is 231 g/mol. The van der Waals surface area contributed by atoms with E-state index in [1.165, 1.54) is 25.7 Å². The zero-order chi connectivity index (χ0) is 11.8. The van der Waals surface area contributed by atoms with E-state index >= 15 is 0 Å². The second-order valence-electron chi connectivity index (χ2n) is 5.72. The van der Waals surface area contributed by atoms with E-state index in [4.69, 9.17) is 5.73 Å². The average molecular weight is 231 g/mol. The normalized spacial score (nSPS) is 19.4. The van der Waals surface area contributed by atoms with Gasteiger partial charge in [-0.05, 0) is 56.1 Å². The molecule has 0 unspecified atom stereocenters. The number of hydrogen-bond acceptors (Lipinski definition) is 3. The van der Waals surface area contributed by atoms with Gasteiger partial charge in [-0.15, -0.1) is 0 Å². The van der Waals surface area contributed by atoms with Gasteiger partial charge in [-0.25, -0.2) is 4.98 Å². The lowest BCUT2D eigenvalue weighted by molar-refractivity contribution is 0.672. The number of hydrogen-bond donors (Lipinski definition) is 1. The summed E-state index contributed by atoms with van der Waals surface area (Å²) >= 11 is 0. The first-order valence-electron chi connectivity index (χ1n) is 6.69. The molecule has 1 aromatic rings. The standard InChI is InChI=1S/C14H21N3/c1-10-6-13(15)14(16-7-10)17(8-11-2-3-11)9-12-4-5-12/h6-7,11-12H,2-5,8-9,15H2,1H3. The van der Waals surface area contributed by atoms with Crippen LogP contribution >= 0.6 is 0 Å². The van der Waals surface area contributed by atoms with Gasteiger partial charge < -0.3 is 10.6 Å². The van der Waals surface area contributed by atoms with Gasteiger partial charge >= 0.3 is 0 Å². The Labute approximate surface area is 103 Å². The van der Waals surface area contributed by atoms with Crippen LogP contribution in [0.1, 0.15) is 31.2 Å². The molecule has 2 fully saturated rings. The molecular formula is C14H21N3. The fourth-order valence-corrected chi connectivity index (χ4v) is 2.32. The van der Waals surface area contributed by atoms with Crippen molar-refractivity contribution in [3.63, 3.8) is 0 Å². The second-order valence-corrected chi connectivity index (χ2v) is 5.72. The Bertz CT molecular complexity index is 394. The minimum atomic E-state index is 0.839. The van der Waals surface area contributed by atoms with Crippen molar-refractivity contribution in [2.24, 2.45) is 11.8 Å². The van der Waals surface area contributed by atoms with Gasteiger partial charge in [0.05, 0.1) is 5.69 Å². The Morgan fingerprint density at radius 2 is 1.82 bits per heavy atom. The second kappa shape index (κ2) is 4.21. The van der Waals surface area contributed by atoms with Gasteiger partial charge in [0.25, 0.3) is 0 Å². The van der Waals surface area contributed by atoms with Crippen molar-refractivity contribution >= 4 is 11.5 Å². The Morgan fingerprint density at radius 1 is 1.24 bits per heavy atom. The van der Waals surface area contributed by atoms with E-state index in [1.54, 1.807) is 0 Å². The van der Waals surface area contributed by atoms with Crippen LogP contribution in [-0.4, -0.2) is 18.1 Å². The average Bonchev–Trinajstić information content (AvgIpc) is 3.11. The summed E-state index contributed by atoms with van der Waals surface area (Å²) in [6, 6.07) is 2.04. The highest BCUT2D eigenvalue weighted by molar-refractivity contribution is 5.63. The van der Waals surface area contributed by atoms with Crippen LogP contribution in [0.25, 0.3) is 0 Å². The van der Waals surface area contributed by atoms with Crippen molar-refractivity contribution in [3.8, 4) is 0 Å². The van der Waals surface area contributed by atoms with Crippen LogP contribution in [0.4, 0.5) is 11.5 Å². The maximum atomic E-state index is 6.11. The molecule has 0 spiro atoms. The van der Waals surface area contributed by atoms with Gasteiger partial charge in [-0.1, -0.05) is 0 Å². The van der Waals surface area contributed by atoms with Gasteiger partial charge in [-0.2, -0.15) is 0 Å². The predicted octanol–water partition coefficient (Wildman–Crippen LogP) is 2.60. The lowest BCUT2D eigenvalue weighted by atomic mass is 10.2. The van der Waals surface area contributed by atoms with Gasteiger partial charge in [0.1, 0.15) is 0 Å². The van der Waals surface area contributed by atoms with E-state index in [0.717, 1.165) is 42.0 Å². The van der Waals surface area contributed by atoms with Crippen molar-refractivity contribution in [1.82, 2.24) is 4.98 Å². The van der Waals surface area contributed by atoms with E-state index < -0.39 is 0 Å². The van der Waals surface area contributed by atoms with Gasteiger partial charge in [0.2, 0.25) is 0 Å². The molecule has 0 saturated heterocycles. The fraction of sp³-hybridized carbons (Fsp3) is 0.643. The van der Waals surface area contributed by atoms with E-state index in [-0.39, 0.29) is 0 Å². The maximum absolute atomic E-state index is 6.11. The van der Waals surface area contributed by atoms with Crippen LogP contribution in [0, 0.1) is 18.8 Å². The van der Waals surface area contributed by atoms with Crippen LogP contribution in [-0.2, 0) is 0 Å². The molecule has 0 radical (unpaired) electrons. The van der Waals surface area contributed by atoms with Crippen LogP contribution in [0.2, 0.25) is 0 Å². The molecule has 2 N–H and O–H groups in total. The lowest BCUT2D eigenvalue weighted by Gasteiger charge is -2.25. The van der Waals surface area contributed by atoms with E-state index in [1.807, 2.05) is 19.2 Å². The number of pyridine rings is 1. The largest absolute Gasteiger partial charge is 0.396 e. The molecular weight excluding hydrogens is 210 g/mol. The Balaban J connectivity index is 1.78. The number of nitrogens with zero attached hydrogens (tertiary/aromatic N) is 2. The Kier molecular flexibility index (Phi) is 2.69. The van der Waals surface area contributed by atoms with Crippen LogP contribution in [0.5, 0.6) is 0 Å². The fourth-order valence-electron chi connectivity index (χ4n) is 2.32. The van der Waals surface area contributed by atoms with Gasteiger partial charge in [0.15, 0.2) is 5.82 Å². The molecule has 2 aliphatic carbocycles. The molecule has 3 rings (SSSR count). The van der Waals surface area contributed by atoms with Gasteiger partial charge in [-0.3, -0.25) is 0 Å². The Hall–Kier alpha value is -1.25. The molecule has 1 heterocycles. The van der Waals surface area contributed by atoms with E-state index in [9.17, 15) is 0 Å². The van der Waals surface area contributed by atoms with Crippen LogP contribution in [0.3, 0.4) is 0 Å². The molecule has 3 heteroatoms. The minimum Gasteiger partial charge on any atom is -0.396 e. The van der Waals surface area contributed by atoms with E-state index in [2.05, 4.69) is 9.88 Å². The summed E-state index contributed by atoms with van der Waals surface area (Å²) in [6.45, 7) is 4.34. The maximum Gasteiger partial charge on any atom is 0.151 e. The first kappa shape index (κ1) is 10.9. The van der Waals surface area contributed by atoms with E-state index in [0.29, 0.717) is 0 Å². The Morgan fingerprint density at radius 3 is 2.29 bits per heavy atom. The molecule has 92 valence electrons. The van der Waals surface area contributed by atoms with Gasteiger partial charge in [0, 0.05) is 19.3 Å². The number of nitrogen functional groups attached to an aromatic ring is 1. The lowest BCUT2D eigenvalue weighted by Crippen LogP contribution is -2.29. The number of aromatic nitrogens is 1. The van der Waals surface area contributed by atoms with Crippen molar-refractivity contribution in [1.29, 1.82) is 0 Å². The highest BCUT2D eigenvalue weighted by Crippen LogP contribution is 2.36. The first-order valence-corrected chi connectivity index (χ1v) is 6.69. The highest BCUT2D eigenvalue weighted by atomic mass is 15.2. The summed E-state index contributed by atoms with van der Waals surface area (Å²) in [5.74, 6) is 2.78. The zero-order valence-corrected chi connectivity index (χ0v) is 10.5. The molecule has 0 atom stereocenters. The summed E-state index contributed by atoms with van der Waals surface area (Å²) in [7, 11) is 0. The predicted molar refractivity (Wildman–Crippen MR) is 71.0 cm³/mol. The third kappa shape index (κ3) is 2.71. The molecule has 2 aliphatic rings. The highest BCUT2D eigenvalue weighted by Gasteiger charge is 2.30. The summed E-state index contributed by atoms with van der Waals surface area (Å²) in [5.41, 5.74) is 8.09. The smallest absolute Gasteiger partial charge is 0.151 e. The number of aryl methyl sites for hydroxylation is 1. The minimum absolute atomic E-state index is 0.839. The van der Waals surface area contributed by atoms with Crippen molar-refractivity contribution in [3.05, 3.63) is 17.8 Å². The molecule has 0 aliphatic heterocycles. The number of nitrogens with two attached hydrogens (primary N) is 1. The SMILES string of the molecule is Cc1cnc(N(CC2CC2)CC2CC2)c(N)c1. The molecule has 1 aromatic heterocycles.